The van der Waals surface area contributed by atoms with Gasteiger partial charge in [-0.3, -0.25) is 9.59 Å². The zero-order chi connectivity index (χ0) is 19.4. The number of amides is 1. The van der Waals surface area contributed by atoms with Gasteiger partial charge in [-0.1, -0.05) is 36.7 Å². The Kier molecular flexibility index (Phi) is 5.72. The van der Waals surface area contributed by atoms with Crippen molar-refractivity contribution in [1.29, 1.82) is 0 Å². The van der Waals surface area contributed by atoms with Gasteiger partial charge in [0.25, 0.3) is 11.5 Å². The van der Waals surface area contributed by atoms with Crippen LogP contribution in [0.4, 0.5) is 10.1 Å². The van der Waals surface area contributed by atoms with Crippen molar-refractivity contribution in [3.63, 3.8) is 0 Å². The molecule has 1 heterocycles. The van der Waals surface area contributed by atoms with Gasteiger partial charge in [0.1, 0.15) is 11.4 Å². The van der Waals surface area contributed by atoms with Gasteiger partial charge in [-0.2, -0.15) is 0 Å². The number of benzene rings is 2. The van der Waals surface area contributed by atoms with Crippen LogP contribution in [0.5, 0.6) is 0 Å². The van der Waals surface area contributed by atoms with Gasteiger partial charge in [-0.15, -0.1) is 0 Å². The molecule has 0 aliphatic heterocycles. The minimum absolute atomic E-state index is 0.0236. The molecule has 0 bridgehead atoms. The van der Waals surface area contributed by atoms with Crippen LogP contribution in [0.15, 0.2) is 65.6 Å². The zero-order valence-corrected chi connectivity index (χ0v) is 15.5. The average Bonchev–Trinajstić information content (AvgIpc) is 2.66. The van der Waals surface area contributed by atoms with Crippen LogP contribution in [-0.4, -0.2) is 10.5 Å². The first-order chi connectivity index (χ1) is 13.0. The molecule has 6 heteroatoms. The zero-order valence-electron chi connectivity index (χ0n) is 14.7. The van der Waals surface area contributed by atoms with E-state index in [-0.39, 0.29) is 22.7 Å². The predicted octanol–water partition coefficient (Wildman–Crippen LogP) is 4.50. The lowest BCUT2D eigenvalue weighted by Crippen LogP contribution is -2.29. The summed E-state index contributed by atoms with van der Waals surface area (Å²) < 4.78 is 15.3. The smallest absolute Gasteiger partial charge is 0.263 e. The van der Waals surface area contributed by atoms with Crippen LogP contribution in [0.25, 0.3) is 0 Å². The fourth-order valence-corrected chi connectivity index (χ4v) is 2.93. The number of carbonyl (C=O) groups is 1. The summed E-state index contributed by atoms with van der Waals surface area (Å²) in [6, 6.07) is 14.8. The lowest BCUT2D eigenvalue weighted by Gasteiger charge is -2.11. The minimum Gasteiger partial charge on any atom is -0.322 e. The molecule has 0 spiro atoms. The highest BCUT2D eigenvalue weighted by Gasteiger charge is 2.14. The van der Waals surface area contributed by atoms with Gasteiger partial charge in [0, 0.05) is 22.5 Å². The van der Waals surface area contributed by atoms with E-state index in [9.17, 15) is 14.0 Å². The number of carbonyl (C=O) groups excluding carboxylic acids is 1. The topological polar surface area (TPSA) is 51.1 Å². The summed E-state index contributed by atoms with van der Waals surface area (Å²) in [6.45, 7) is 1.98. The lowest BCUT2D eigenvalue weighted by molar-refractivity contribution is 0.102. The van der Waals surface area contributed by atoms with Crippen LogP contribution in [0.2, 0.25) is 5.02 Å². The maximum atomic E-state index is 14.0. The van der Waals surface area contributed by atoms with Gasteiger partial charge in [0.05, 0.1) is 6.54 Å². The Morgan fingerprint density at radius 3 is 2.52 bits per heavy atom. The molecule has 138 valence electrons. The number of pyridine rings is 1. The van der Waals surface area contributed by atoms with Crippen LogP contribution in [0.3, 0.4) is 0 Å². The quantitative estimate of drug-likeness (QED) is 0.704. The Morgan fingerprint density at radius 1 is 1.11 bits per heavy atom. The van der Waals surface area contributed by atoms with Gasteiger partial charge in [0.15, 0.2) is 0 Å². The fraction of sp³-hybridized carbons (Fsp3) is 0.143. The number of aromatic nitrogens is 1. The molecule has 1 aromatic heterocycles. The molecular formula is C21H18ClFN2O2. The third-order valence-corrected chi connectivity index (χ3v) is 4.63. The maximum Gasteiger partial charge on any atom is 0.263 e. The average molecular weight is 385 g/mol. The monoisotopic (exact) mass is 384 g/mol. The van der Waals surface area contributed by atoms with E-state index >= 15 is 0 Å². The van der Waals surface area contributed by atoms with E-state index < -0.39 is 17.3 Å². The Balaban J connectivity index is 1.85. The third-order valence-electron chi connectivity index (χ3n) is 4.27. The van der Waals surface area contributed by atoms with Crippen LogP contribution in [0, 0.1) is 5.82 Å². The van der Waals surface area contributed by atoms with E-state index in [2.05, 4.69) is 5.32 Å². The Hall–Kier alpha value is -2.92. The molecule has 0 aliphatic carbocycles. The standard InChI is InChI=1S/C21H18ClFN2O2/c1-2-14-8-10-15(11-9-14)24-20(26)16-5-4-12-25(21(16)27)13-17-18(22)6-3-7-19(17)23/h3-12H,2,13H2,1H3,(H,24,26). The molecule has 1 N–H and O–H groups in total. The molecular weight excluding hydrogens is 367 g/mol. The highest BCUT2D eigenvalue weighted by Crippen LogP contribution is 2.19. The Labute approximate surface area is 161 Å². The highest BCUT2D eigenvalue weighted by atomic mass is 35.5. The molecule has 3 aromatic rings. The summed E-state index contributed by atoms with van der Waals surface area (Å²) in [5, 5.41) is 2.94. The van der Waals surface area contributed by atoms with Crippen LogP contribution in [0.1, 0.15) is 28.4 Å². The van der Waals surface area contributed by atoms with Crippen molar-refractivity contribution in [2.24, 2.45) is 0 Å². The van der Waals surface area contributed by atoms with E-state index in [1.807, 2.05) is 19.1 Å². The SMILES string of the molecule is CCc1ccc(NC(=O)c2cccn(Cc3c(F)cccc3Cl)c2=O)cc1. The van der Waals surface area contributed by atoms with Gasteiger partial charge < -0.3 is 9.88 Å². The van der Waals surface area contributed by atoms with Crippen LogP contribution in [-0.2, 0) is 13.0 Å². The highest BCUT2D eigenvalue weighted by molar-refractivity contribution is 6.31. The van der Waals surface area contributed by atoms with Crippen molar-refractivity contribution >= 4 is 23.2 Å². The Bertz CT molecular complexity index is 1010. The molecule has 0 aliphatic rings. The molecule has 2 aromatic carbocycles. The van der Waals surface area contributed by atoms with E-state index in [1.54, 1.807) is 24.3 Å². The molecule has 0 radical (unpaired) electrons. The summed E-state index contributed by atoms with van der Waals surface area (Å²) in [5.41, 5.74) is 1.42. The molecule has 4 nitrogen and oxygen atoms in total. The number of hydrogen-bond donors (Lipinski definition) is 1. The molecule has 0 fully saturated rings. The summed E-state index contributed by atoms with van der Waals surface area (Å²) in [7, 11) is 0. The first kappa shape index (κ1) is 18.9. The van der Waals surface area contributed by atoms with Gasteiger partial charge in [-0.25, -0.2) is 4.39 Å². The number of aryl methyl sites for hydroxylation is 1. The van der Waals surface area contributed by atoms with Crippen molar-refractivity contribution in [3.8, 4) is 0 Å². The number of rotatable bonds is 5. The van der Waals surface area contributed by atoms with E-state index in [1.165, 1.54) is 29.0 Å². The summed E-state index contributed by atoms with van der Waals surface area (Å²) in [4.78, 5) is 25.2. The van der Waals surface area contributed by atoms with Crippen molar-refractivity contribution in [2.45, 2.75) is 19.9 Å². The first-order valence-corrected chi connectivity index (χ1v) is 8.90. The summed E-state index contributed by atoms with van der Waals surface area (Å²) >= 11 is 6.03. The largest absolute Gasteiger partial charge is 0.322 e. The van der Waals surface area contributed by atoms with E-state index in [0.717, 1.165) is 12.0 Å². The molecule has 3 rings (SSSR count). The van der Waals surface area contributed by atoms with Crippen molar-refractivity contribution in [1.82, 2.24) is 4.57 Å². The molecule has 0 atom stereocenters. The summed E-state index contributed by atoms with van der Waals surface area (Å²) in [6.07, 6.45) is 2.40. The van der Waals surface area contributed by atoms with E-state index in [0.29, 0.717) is 5.69 Å². The number of anilines is 1. The van der Waals surface area contributed by atoms with Crippen molar-refractivity contribution in [3.05, 3.63) is 98.7 Å². The predicted molar refractivity (Wildman–Crippen MR) is 105 cm³/mol. The lowest BCUT2D eigenvalue weighted by atomic mass is 10.1. The maximum absolute atomic E-state index is 14.0. The fourth-order valence-electron chi connectivity index (χ4n) is 2.71. The Morgan fingerprint density at radius 2 is 1.85 bits per heavy atom. The number of halogens is 2. The molecule has 0 unspecified atom stereocenters. The number of hydrogen-bond acceptors (Lipinski definition) is 2. The third kappa shape index (κ3) is 4.26. The van der Waals surface area contributed by atoms with Gasteiger partial charge >= 0.3 is 0 Å². The second-order valence-corrected chi connectivity index (χ2v) is 6.47. The molecule has 0 saturated carbocycles. The number of nitrogens with one attached hydrogen (secondary N) is 1. The minimum atomic E-state index is -0.516. The van der Waals surface area contributed by atoms with Gasteiger partial charge in [0.2, 0.25) is 0 Å². The van der Waals surface area contributed by atoms with Crippen LogP contribution < -0.4 is 10.9 Å². The first-order valence-electron chi connectivity index (χ1n) is 8.52. The molecule has 27 heavy (non-hydrogen) atoms. The summed E-state index contributed by atoms with van der Waals surface area (Å²) in [5.74, 6) is -1.02. The molecule has 1 amide bonds. The number of nitrogens with zero attached hydrogens (tertiary/aromatic N) is 1. The van der Waals surface area contributed by atoms with E-state index in [4.69, 9.17) is 11.6 Å². The second kappa shape index (κ2) is 8.18. The van der Waals surface area contributed by atoms with Gasteiger partial charge in [-0.05, 0) is 48.4 Å². The molecule has 0 saturated heterocycles. The van der Waals surface area contributed by atoms with Crippen LogP contribution >= 0.6 is 11.6 Å². The van der Waals surface area contributed by atoms with Crippen molar-refractivity contribution in [2.75, 3.05) is 5.32 Å². The normalized spacial score (nSPS) is 10.6. The second-order valence-electron chi connectivity index (χ2n) is 6.06. The van der Waals surface area contributed by atoms with Crippen molar-refractivity contribution < 1.29 is 9.18 Å².